The minimum Gasteiger partial charge on any atom is -0.350 e. The lowest BCUT2D eigenvalue weighted by Gasteiger charge is -2.40. The van der Waals surface area contributed by atoms with E-state index < -0.39 is 0 Å². The second-order valence-electron chi connectivity index (χ2n) is 5.55. The summed E-state index contributed by atoms with van der Waals surface area (Å²) in [6, 6.07) is 0. The Bertz CT molecular complexity index is 260. The van der Waals surface area contributed by atoms with Crippen molar-refractivity contribution in [1.82, 2.24) is 0 Å². The zero-order valence-electron chi connectivity index (χ0n) is 10.2. The van der Waals surface area contributed by atoms with Gasteiger partial charge >= 0.3 is 0 Å². The molecule has 3 aliphatic rings. The lowest BCUT2D eigenvalue weighted by Crippen LogP contribution is -2.44. The number of hydrogen-bond acceptors (Lipinski definition) is 3. The molecule has 0 aromatic heterocycles. The third-order valence-corrected chi connectivity index (χ3v) is 4.16. The first-order valence-electron chi connectivity index (χ1n) is 6.74. The number of rotatable bonds is 0. The molecule has 3 heterocycles. The molecule has 3 aliphatic heterocycles. The van der Waals surface area contributed by atoms with Gasteiger partial charge in [0.15, 0.2) is 11.6 Å². The SMILES string of the molecule is C[C@H]1CCC[C@@]2(CC[C@@]3(CCCCO3)O2)O1. The van der Waals surface area contributed by atoms with Crippen molar-refractivity contribution >= 4 is 0 Å². The molecule has 3 rings (SSSR count). The second kappa shape index (κ2) is 3.97. The molecule has 2 spiro atoms. The molecule has 0 bridgehead atoms. The summed E-state index contributed by atoms with van der Waals surface area (Å²) in [5.74, 6) is -0.607. The van der Waals surface area contributed by atoms with Gasteiger partial charge in [0.2, 0.25) is 0 Å². The Labute approximate surface area is 97.4 Å². The van der Waals surface area contributed by atoms with Gasteiger partial charge < -0.3 is 14.2 Å². The third kappa shape index (κ3) is 1.89. The number of ether oxygens (including phenoxy) is 3. The van der Waals surface area contributed by atoms with E-state index in [1.807, 2.05) is 0 Å². The Balaban J connectivity index is 1.70. The van der Waals surface area contributed by atoms with E-state index in [4.69, 9.17) is 14.2 Å². The van der Waals surface area contributed by atoms with Gasteiger partial charge in [-0.25, -0.2) is 0 Å². The van der Waals surface area contributed by atoms with E-state index in [1.165, 1.54) is 25.7 Å². The fourth-order valence-corrected chi connectivity index (χ4v) is 3.33. The molecule has 3 atom stereocenters. The van der Waals surface area contributed by atoms with Gasteiger partial charge in [0.25, 0.3) is 0 Å². The molecule has 0 amide bonds. The van der Waals surface area contributed by atoms with Gasteiger partial charge in [-0.05, 0) is 32.6 Å². The summed E-state index contributed by atoms with van der Waals surface area (Å²) in [7, 11) is 0. The van der Waals surface area contributed by atoms with Crippen molar-refractivity contribution in [3.63, 3.8) is 0 Å². The van der Waals surface area contributed by atoms with E-state index in [1.54, 1.807) is 0 Å². The van der Waals surface area contributed by atoms with Gasteiger partial charge in [0, 0.05) is 25.7 Å². The van der Waals surface area contributed by atoms with Crippen molar-refractivity contribution in [2.75, 3.05) is 6.61 Å². The first-order chi connectivity index (χ1) is 7.72. The Morgan fingerprint density at radius 1 is 0.938 bits per heavy atom. The maximum atomic E-state index is 6.24. The third-order valence-electron chi connectivity index (χ3n) is 4.16. The fraction of sp³-hybridized carbons (Fsp3) is 1.00. The van der Waals surface area contributed by atoms with Crippen LogP contribution in [-0.4, -0.2) is 24.3 Å². The van der Waals surface area contributed by atoms with Crippen LogP contribution in [0.2, 0.25) is 0 Å². The Kier molecular flexibility index (Phi) is 2.73. The van der Waals surface area contributed by atoms with Crippen LogP contribution in [0.15, 0.2) is 0 Å². The van der Waals surface area contributed by atoms with E-state index >= 15 is 0 Å². The molecule has 0 N–H and O–H groups in total. The summed E-state index contributed by atoms with van der Waals surface area (Å²) in [5.41, 5.74) is 0. The normalized spacial score (nSPS) is 48.9. The summed E-state index contributed by atoms with van der Waals surface area (Å²) in [6.45, 7) is 3.00. The largest absolute Gasteiger partial charge is 0.350 e. The van der Waals surface area contributed by atoms with Crippen molar-refractivity contribution < 1.29 is 14.2 Å². The van der Waals surface area contributed by atoms with E-state index in [0.29, 0.717) is 6.10 Å². The average Bonchev–Trinajstić information content (AvgIpc) is 2.58. The van der Waals surface area contributed by atoms with Gasteiger partial charge in [-0.1, -0.05) is 0 Å². The first kappa shape index (κ1) is 11.0. The highest BCUT2D eigenvalue weighted by Gasteiger charge is 2.52. The summed E-state index contributed by atoms with van der Waals surface area (Å²) < 4.78 is 18.2. The molecule has 0 aromatic carbocycles. The predicted molar refractivity (Wildman–Crippen MR) is 60.0 cm³/mol. The van der Waals surface area contributed by atoms with Crippen LogP contribution in [0.1, 0.15) is 58.3 Å². The van der Waals surface area contributed by atoms with Crippen molar-refractivity contribution in [3.8, 4) is 0 Å². The number of hydrogen-bond donors (Lipinski definition) is 0. The highest BCUT2D eigenvalue weighted by Crippen LogP contribution is 2.48. The van der Waals surface area contributed by atoms with Gasteiger partial charge in [0.1, 0.15) is 0 Å². The fourth-order valence-electron chi connectivity index (χ4n) is 3.33. The molecule has 16 heavy (non-hydrogen) atoms. The molecule has 0 radical (unpaired) electrons. The summed E-state index contributed by atoms with van der Waals surface area (Å²) in [6.07, 6.45) is 9.25. The van der Waals surface area contributed by atoms with Crippen molar-refractivity contribution in [1.29, 1.82) is 0 Å². The highest BCUT2D eigenvalue weighted by molar-refractivity contribution is 4.90. The van der Waals surface area contributed by atoms with E-state index in [-0.39, 0.29) is 11.6 Å². The van der Waals surface area contributed by atoms with Gasteiger partial charge in [0.05, 0.1) is 12.7 Å². The highest BCUT2D eigenvalue weighted by atomic mass is 16.8. The Morgan fingerprint density at radius 2 is 1.75 bits per heavy atom. The van der Waals surface area contributed by atoms with Crippen molar-refractivity contribution in [2.45, 2.75) is 76.0 Å². The topological polar surface area (TPSA) is 27.7 Å². The van der Waals surface area contributed by atoms with E-state index in [9.17, 15) is 0 Å². The minimum atomic E-state index is -0.311. The standard InChI is InChI=1S/C13H22O3/c1-11-5-4-7-13(15-11)9-8-12(16-13)6-2-3-10-14-12/h11H,2-10H2,1H3/t11-,12+,13+/m0/s1. The van der Waals surface area contributed by atoms with Gasteiger partial charge in [-0.15, -0.1) is 0 Å². The quantitative estimate of drug-likeness (QED) is 0.635. The van der Waals surface area contributed by atoms with Crippen LogP contribution < -0.4 is 0 Å². The van der Waals surface area contributed by atoms with Crippen LogP contribution in [0.25, 0.3) is 0 Å². The van der Waals surface area contributed by atoms with Crippen molar-refractivity contribution in [3.05, 3.63) is 0 Å². The molecule has 0 unspecified atom stereocenters. The molecule has 3 heteroatoms. The summed E-state index contributed by atoms with van der Waals surface area (Å²) in [5, 5.41) is 0. The molecule has 0 aromatic rings. The molecule has 3 saturated heterocycles. The molecule has 0 aliphatic carbocycles. The van der Waals surface area contributed by atoms with Gasteiger partial charge in [-0.2, -0.15) is 0 Å². The maximum Gasteiger partial charge on any atom is 0.172 e. The van der Waals surface area contributed by atoms with Crippen LogP contribution >= 0.6 is 0 Å². The average molecular weight is 226 g/mol. The van der Waals surface area contributed by atoms with Crippen molar-refractivity contribution in [2.24, 2.45) is 0 Å². The lowest BCUT2D eigenvalue weighted by atomic mass is 9.97. The monoisotopic (exact) mass is 226 g/mol. The first-order valence-corrected chi connectivity index (χ1v) is 6.74. The smallest absolute Gasteiger partial charge is 0.172 e. The lowest BCUT2D eigenvalue weighted by molar-refractivity contribution is -0.347. The van der Waals surface area contributed by atoms with E-state index in [2.05, 4.69) is 6.92 Å². The van der Waals surface area contributed by atoms with Gasteiger partial charge in [-0.3, -0.25) is 0 Å². The molecule has 3 nitrogen and oxygen atoms in total. The molecule has 3 fully saturated rings. The summed E-state index contributed by atoms with van der Waals surface area (Å²) >= 11 is 0. The minimum absolute atomic E-state index is 0.296. The van der Waals surface area contributed by atoms with Crippen LogP contribution in [0, 0.1) is 0 Å². The van der Waals surface area contributed by atoms with E-state index in [0.717, 1.165) is 32.3 Å². The zero-order valence-corrected chi connectivity index (χ0v) is 10.2. The summed E-state index contributed by atoms with van der Waals surface area (Å²) in [4.78, 5) is 0. The molecule has 0 saturated carbocycles. The zero-order chi connectivity index (χ0) is 11.1. The maximum absolute atomic E-state index is 6.24. The van der Waals surface area contributed by atoms with Crippen LogP contribution in [0.4, 0.5) is 0 Å². The van der Waals surface area contributed by atoms with Crippen LogP contribution in [0.5, 0.6) is 0 Å². The Hall–Kier alpha value is -0.120. The molecule has 92 valence electrons. The molecular weight excluding hydrogens is 204 g/mol. The second-order valence-corrected chi connectivity index (χ2v) is 5.55. The van der Waals surface area contributed by atoms with Crippen LogP contribution in [0.3, 0.4) is 0 Å². The molecular formula is C13H22O3. The predicted octanol–water partition coefficient (Wildman–Crippen LogP) is 2.98. The Morgan fingerprint density at radius 3 is 2.50 bits per heavy atom. The van der Waals surface area contributed by atoms with Crippen LogP contribution in [-0.2, 0) is 14.2 Å².